The van der Waals surface area contributed by atoms with Crippen LogP contribution in [0.15, 0.2) is 24.5 Å². The van der Waals surface area contributed by atoms with Crippen molar-refractivity contribution in [2.24, 2.45) is 0 Å². The second-order valence-electron chi connectivity index (χ2n) is 7.31. The second-order valence-corrected chi connectivity index (χ2v) is 7.31. The third kappa shape index (κ3) is 4.94. The molecule has 0 bridgehead atoms. The van der Waals surface area contributed by atoms with Crippen LogP contribution in [0.4, 0.5) is 4.79 Å². The third-order valence-corrected chi connectivity index (χ3v) is 3.88. The lowest BCUT2D eigenvalue weighted by molar-refractivity contribution is -0.136. The molecular weight excluding hydrogens is 306 g/mol. The molecule has 0 saturated heterocycles. The first-order valence-corrected chi connectivity index (χ1v) is 8.40. The van der Waals surface area contributed by atoms with Crippen LogP contribution in [0, 0.1) is 0 Å². The van der Waals surface area contributed by atoms with E-state index in [1.807, 2.05) is 24.0 Å². The largest absolute Gasteiger partial charge is 0.444 e. The highest BCUT2D eigenvalue weighted by atomic mass is 16.6. The first-order chi connectivity index (χ1) is 11.2. The maximum absolute atomic E-state index is 12.9. The Morgan fingerprint density at radius 3 is 2.50 bits per heavy atom. The molecule has 2 rings (SSSR count). The van der Waals surface area contributed by atoms with Gasteiger partial charge in [-0.15, -0.1) is 0 Å². The van der Waals surface area contributed by atoms with Gasteiger partial charge in [0.1, 0.15) is 11.6 Å². The first kappa shape index (κ1) is 18.2. The number of amides is 2. The third-order valence-electron chi connectivity index (χ3n) is 3.88. The first-order valence-electron chi connectivity index (χ1n) is 8.40. The number of carbonyl (C=O) groups is 2. The monoisotopic (exact) mass is 333 g/mol. The van der Waals surface area contributed by atoms with Gasteiger partial charge in [0, 0.05) is 18.4 Å². The van der Waals surface area contributed by atoms with Crippen LogP contribution in [0.2, 0.25) is 0 Å². The van der Waals surface area contributed by atoms with Crippen molar-refractivity contribution < 1.29 is 14.3 Å². The van der Waals surface area contributed by atoms with Crippen LogP contribution in [0.25, 0.3) is 0 Å². The van der Waals surface area contributed by atoms with Crippen molar-refractivity contribution in [1.82, 2.24) is 15.2 Å². The number of ether oxygens (including phenoxy) is 1. The van der Waals surface area contributed by atoms with Gasteiger partial charge in [0.25, 0.3) is 0 Å². The van der Waals surface area contributed by atoms with E-state index in [4.69, 9.17) is 4.74 Å². The Morgan fingerprint density at radius 1 is 1.33 bits per heavy atom. The number of alkyl carbamates (subject to hydrolysis) is 1. The lowest BCUT2D eigenvalue weighted by Crippen LogP contribution is -2.49. The molecule has 1 aromatic heterocycles. The summed E-state index contributed by atoms with van der Waals surface area (Å²) in [6, 6.07) is 3.34. The molecule has 1 N–H and O–H groups in total. The zero-order chi connectivity index (χ0) is 17.9. The number of pyridine rings is 1. The molecule has 0 radical (unpaired) electrons. The number of carbonyl (C=O) groups excluding carboxylic acids is 2. The maximum Gasteiger partial charge on any atom is 0.408 e. The Bertz CT molecular complexity index is 579. The second kappa shape index (κ2) is 7.20. The van der Waals surface area contributed by atoms with Gasteiger partial charge >= 0.3 is 6.09 Å². The Hall–Kier alpha value is -2.11. The smallest absolute Gasteiger partial charge is 0.408 e. The molecule has 2 atom stereocenters. The molecule has 1 heterocycles. The number of hydrogen-bond donors (Lipinski definition) is 1. The highest BCUT2D eigenvalue weighted by Gasteiger charge is 2.38. The molecule has 1 aromatic rings. The van der Waals surface area contributed by atoms with E-state index in [1.165, 1.54) is 0 Å². The van der Waals surface area contributed by atoms with Crippen molar-refractivity contribution in [3.63, 3.8) is 0 Å². The van der Waals surface area contributed by atoms with Gasteiger partial charge in [-0.05, 0) is 59.1 Å². The zero-order valence-corrected chi connectivity index (χ0v) is 15.1. The van der Waals surface area contributed by atoms with Crippen molar-refractivity contribution in [2.45, 2.75) is 71.2 Å². The van der Waals surface area contributed by atoms with Crippen molar-refractivity contribution in [3.8, 4) is 0 Å². The standard InChI is InChI=1S/C18H27N3O3/c1-12(20-17(23)24-18(3,4)5)16(22)21(15-8-9-15)13(2)14-7-6-10-19-11-14/h6-7,10-13,15H,8-9H2,1-5H3,(H,20,23)/t12-,13+/m0/s1. The van der Waals surface area contributed by atoms with Gasteiger partial charge in [0.05, 0.1) is 6.04 Å². The van der Waals surface area contributed by atoms with Gasteiger partial charge < -0.3 is 15.0 Å². The van der Waals surface area contributed by atoms with Crippen molar-refractivity contribution >= 4 is 12.0 Å². The topological polar surface area (TPSA) is 71.5 Å². The van der Waals surface area contributed by atoms with Crippen molar-refractivity contribution in [1.29, 1.82) is 0 Å². The van der Waals surface area contributed by atoms with Crippen molar-refractivity contribution in [3.05, 3.63) is 30.1 Å². The molecule has 6 heteroatoms. The number of nitrogens with zero attached hydrogens (tertiary/aromatic N) is 2. The molecule has 0 spiro atoms. The van der Waals surface area contributed by atoms with Crippen LogP contribution in [-0.4, -0.2) is 39.6 Å². The van der Waals surface area contributed by atoms with Gasteiger partial charge in [0.15, 0.2) is 0 Å². The van der Waals surface area contributed by atoms with Crippen LogP contribution >= 0.6 is 0 Å². The summed E-state index contributed by atoms with van der Waals surface area (Å²) in [5.74, 6) is -0.0975. The summed E-state index contributed by atoms with van der Waals surface area (Å²) >= 11 is 0. The highest BCUT2D eigenvalue weighted by Crippen LogP contribution is 2.34. The summed E-state index contributed by atoms with van der Waals surface area (Å²) in [6.45, 7) is 9.06. The van der Waals surface area contributed by atoms with Crippen LogP contribution in [0.1, 0.15) is 59.1 Å². The molecule has 24 heavy (non-hydrogen) atoms. The number of nitrogens with one attached hydrogen (secondary N) is 1. The Kier molecular flexibility index (Phi) is 5.47. The molecule has 0 aromatic carbocycles. The van der Waals surface area contributed by atoms with E-state index in [0.717, 1.165) is 18.4 Å². The molecule has 132 valence electrons. The molecular formula is C18H27N3O3. The summed E-state index contributed by atoms with van der Waals surface area (Å²) in [6.07, 6.45) is 4.91. The molecule has 1 aliphatic rings. The lowest BCUT2D eigenvalue weighted by Gasteiger charge is -2.32. The fourth-order valence-corrected chi connectivity index (χ4v) is 2.59. The Labute approximate surface area is 143 Å². The van der Waals surface area contributed by atoms with E-state index in [0.29, 0.717) is 0 Å². The summed E-state index contributed by atoms with van der Waals surface area (Å²) in [7, 11) is 0. The number of rotatable bonds is 5. The average molecular weight is 333 g/mol. The fraction of sp³-hybridized carbons (Fsp3) is 0.611. The molecule has 1 fully saturated rings. The van der Waals surface area contributed by atoms with E-state index in [2.05, 4.69) is 10.3 Å². The SMILES string of the molecule is C[C@H](NC(=O)OC(C)(C)C)C(=O)N(C1CC1)[C@H](C)c1cccnc1. The van der Waals surface area contributed by atoms with E-state index >= 15 is 0 Å². The molecule has 0 aliphatic heterocycles. The minimum Gasteiger partial charge on any atom is -0.444 e. The predicted molar refractivity (Wildman–Crippen MR) is 91.4 cm³/mol. The average Bonchev–Trinajstić information content (AvgIpc) is 3.30. The molecule has 1 saturated carbocycles. The van der Waals surface area contributed by atoms with E-state index in [1.54, 1.807) is 40.1 Å². The maximum atomic E-state index is 12.9. The van der Waals surface area contributed by atoms with E-state index in [9.17, 15) is 9.59 Å². The minimum atomic E-state index is -0.639. The van der Waals surface area contributed by atoms with E-state index < -0.39 is 17.7 Å². The molecule has 2 amide bonds. The summed E-state index contributed by atoms with van der Waals surface area (Å²) in [5, 5.41) is 2.64. The van der Waals surface area contributed by atoms with Crippen LogP contribution in [0.3, 0.4) is 0 Å². The predicted octanol–water partition coefficient (Wildman–Crippen LogP) is 3.05. The molecule has 6 nitrogen and oxygen atoms in total. The summed E-state index contributed by atoms with van der Waals surface area (Å²) < 4.78 is 5.23. The quantitative estimate of drug-likeness (QED) is 0.899. The molecule has 1 aliphatic carbocycles. The lowest BCUT2D eigenvalue weighted by atomic mass is 10.1. The van der Waals surface area contributed by atoms with Crippen LogP contribution in [0.5, 0.6) is 0 Å². The van der Waals surface area contributed by atoms with Gasteiger partial charge in [-0.2, -0.15) is 0 Å². The zero-order valence-electron chi connectivity index (χ0n) is 15.1. The van der Waals surface area contributed by atoms with Crippen molar-refractivity contribution in [2.75, 3.05) is 0 Å². The summed E-state index contributed by atoms with van der Waals surface area (Å²) in [5.41, 5.74) is 0.397. The fourth-order valence-electron chi connectivity index (χ4n) is 2.59. The van der Waals surface area contributed by atoms with Gasteiger partial charge in [0.2, 0.25) is 5.91 Å². The summed E-state index contributed by atoms with van der Waals surface area (Å²) in [4.78, 5) is 30.8. The number of aromatic nitrogens is 1. The van der Waals surface area contributed by atoms with Gasteiger partial charge in [-0.25, -0.2) is 4.79 Å². The van der Waals surface area contributed by atoms with Crippen LogP contribution in [-0.2, 0) is 9.53 Å². The van der Waals surface area contributed by atoms with Gasteiger partial charge in [-0.3, -0.25) is 9.78 Å². The van der Waals surface area contributed by atoms with Crippen LogP contribution < -0.4 is 5.32 Å². The Balaban J connectivity index is 2.05. The van der Waals surface area contributed by atoms with E-state index in [-0.39, 0.29) is 18.0 Å². The number of hydrogen-bond acceptors (Lipinski definition) is 4. The minimum absolute atomic E-state index is 0.0819. The Morgan fingerprint density at radius 2 is 2.00 bits per heavy atom. The highest BCUT2D eigenvalue weighted by molar-refractivity contribution is 5.86. The molecule has 0 unspecified atom stereocenters. The van der Waals surface area contributed by atoms with Gasteiger partial charge in [-0.1, -0.05) is 6.07 Å². The normalized spacial score (nSPS) is 16.9.